The lowest BCUT2D eigenvalue weighted by atomic mass is 9.78. The molecule has 3 rings (SSSR count). The fourth-order valence-corrected chi connectivity index (χ4v) is 6.03. The quantitative estimate of drug-likeness (QED) is 0.846. The summed E-state index contributed by atoms with van der Waals surface area (Å²) >= 11 is 0. The summed E-state index contributed by atoms with van der Waals surface area (Å²) in [6, 6.07) is 1.07. The minimum absolute atomic E-state index is 0.320. The second-order valence-corrected chi connectivity index (χ2v) is 9.64. The van der Waals surface area contributed by atoms with Crippen LogP contribution in [0.15, 0.2) is 0 Å². The van der Waals surface area contributed by atoms with Crippen molar-refractivity contribution in [1.82, 2.24) is 10.2 Å². The Morgan fingerprint density at radius 2 is 1.81 bits per heavy atom. The van der Waals surface area contributed by atoms with E-state index in [2.05, 4.69) is 17.1 Å². The predicted octanol–water partition coefficient (Wildman–Crippen LogP) is 1.95. The summed E-state index contributed by atoms with van der Waals surface area (Å²) in [4.78, 5) is 2.68. The summed E-state index contributed by atoms with van der Waals surface area (Å²) in [6.45, 7) is 4.48. The summed E-state index contributed by atoms with van der Waals surface area (Å²) in [5.41, 5.74) is 0.320. The maximum Gasteiger partial charge on any atom is 0.150 e. The van der Waals surface area contributed by atoms with Gasteiger partial charge in [0, 0.05) is 30.7 Å². The summed E-state index contributed by atoms with van der Waals surface area (Å²) in [7, 11) is -2.75. The molecule has 0 aromatic heterocycles. The fourth-order valence-electron chi connectivity index (χ4n) is 4.56. The van der Waals surface area contributed by atoms with Gasteiger partial charge >= 0.3 is 0 Å². The monoisotopic (exact) mass is 314 g/mol. The molecule has 1 atom stereocenters. The smallest absolute Gasteiger partial charge is 0.150 e. The minimum Gasteiger partial charge on any atom is -0.308 e. The van der Waals surface area contributed by atoms with E-state index in [1.54, 1.807) is 0 Å². The van der Waals surface area contributed by atoms with E-state index in [4.69, 9.17) is 0 Å². The maximum atomic E-state index is 11.7. The predicted molar refractivity (Wildman–Crippen MR) is 86.3 cm³/mol. The molecule has 3 aliphatic rings. The van der Waals surface area contributed by atoms with Crippen molar-refractivity contribution in [3.05, 3.63) is 0 Å². The topological polar surface area (TPSA) is 49.4 Å². The standard InChI is InChI=1S/C16H30N2O2S/c1-2-14-12-17-16(8-4-3-5-9-16)13-18(14)15-6-10-21(19,20)11-7-15/h14-15,17H,2-13H2,1H3. The molecule has 0 amide bonds. The van der Waals surface area contributed by atoms with Crippen LogP contribution >= 0.6 is 0 Å². The average Bonchev–Trinajstić information content (AvgIpc) is 2.48. The lowest BCUT2D eigenvalue weighted by molar-refractivity contribution is 0.0193. The van der Waals surface area contributed by atoms with Gasteiger partial charge in [0.2, 0.25) is 0 Å². The summed E-state index contributed by atoms with van der Waals surface area (Å²) < 4.78 is 23.4. The molecule has 2 aliphatic heterocycles. The number of nitrogens with zero attached hydrogens (tertiary/aromatic N) is 1. The molecule has 1 aliphatic carbocycles. The van der Waals surface area contributed by atoms with Crippen LogP contribution in [-0.2, 0) is 9.84 Å². The van der Waals surface area contributed by atoms with Crippen LogP contribution in [0.1, 0.15) is 58.3 Å². The number of hydrogen-bond donors (Lipinski definition) is 1. The fraction of sp³-hybridized carbons (Fsp3) is 1.00. The lowest BCUT2D eigenvalue weighted by Gasteiger charge is -2.52. The van der Waals surface area contributed by atoms with Gasteiger partial charge in [0.1, 0.15) is 9.84 Å². The number of nitrogens with one attached hydrogen (secondary N) is 1. The average molecular weight is 314 g/mol. The van der Waals surface area contributed by atoms with E-state index in [9.17, 15) is 8.42 Å². The van der Waals surface area contributed by atoms with Gasteiger partial charge in [-0.25, -0.2) is 8.42 Å². The van der Waals surface area contributed by atoms with E-state index in [-0.39, 0.29) is 0 Å². The van der Waals surface area contributed by atoms with Crippen LogP contribution in [0, 0.1) is 0 Å². The van der Waals surface area contributed by atoms with Gasteiger partial charge in [0.15, 0.2) is 0 Å². The highest BCUT2D eigenvalue weighted by atomic mass is 32.2. The minimum atomic E-state index is -2.75. The Balaban J connectivity index is 1.71. The first-order valence-electron chi connectivity index (χ1n) is 8.75. The SMILES string of the molecule is CCC1CNC2(CCCCC2)CN1C1CCS(=O)(=O)CC1. The van der Waals surface area contributed by atoms with Crippen molar-refractivity contribution in [3.8, 4) is 0 Å². The van der Waals surface area contributed by atoms with Crippen LogP contribution < -0.4 is 5.32 Å². The van der Waals surface area contributed by atoms with E-state index >= 15 is 0 Å². The second kappa shape index (κ2) is 6.17. The highest BCUT2D eigenvalue weighted by Gasteiger charge is 2.42. The largest absolute Gasteiger partial charge is 0.308 e. The molecule has 0 aromatic carbocycles. The number of sulfone groups is 1. The molecule has 1 spiro atoms. The van der Waals surface area contributed by atoms with Gasteiger partial charge in [0.25, 0.3) is 0 Å². The Morgan fingerprint density at radius 3 is 2.43 bits per heavy atom. The Kier molecular flexibility index (Phi) is 4.63. The van der Waals surface area contributed by atoms with Gasteiger partial charge < -0.3 is 5.32 Å². The van der Waals surface area contributed by atoms with Crippen molar-refractivity contribution >= 4 is 9.84 Å². The van der Waals surface area contributed by atoms with Crippen LogP contribution in [0.3, 0.4) is 0 Å². The molecule has 1 N–H and O–H groups in total. The summed E-state index contributed by atoms with van der Waals surface area (Å²) in [5, 5.41) is 3.86. The molecule has 3 fully saturated rings. The van der Waals surface area contributed by atoms with Crippen molar-refractivity contribution in [3.63, 3.8) is 0 Å². The molecule has 2 heterocycles. The second-order valence-electron chi connectivity index (χ2n) is 7.34. The first-order chi connectivity index (χ1) is 10.0. The number of piperazine rings is 1. The van der Waals surface area contributed by atoms with E-state index in [0.717, 1.165) is 32.4 Å². The first-order valence-corrected chi connectivity index (χ1v) is 10.6. The molecular formula is C16H30N2O2S. The van der Waals surface area contributed by atoms with Crippen LogP contribution in [-0.4, -0.2) is 55.5 Å². The van der Waals surface area contributed by atoms with Gasteiger partial charge in [0.05, 0.1) is 11.5 Å². The van der Waals surface area contributed by atoms with Crippen LogP contribution in [0.4, 0.5) is 0 Å². The molecule has 5 heteroatoms. The zero-order valence-corrected chi connectivity index (χ0v) is 14.1. The van der Waals surface area contributed by atoms with Gasteiger partial charge in [-0.15, -0.1) is 0 Å². The third-order valence-electron chi connectivity index (χ3n) is 5.94. The summed E-state index contributed by atoms with van der Waals surface area (Å²) in [6.07, 6.45) is 9.50. The van der Waals surface area contributed by atoms with E-state index in [0.29, 0.717) is 29.1 Å². The van der Waals surface area contributed by atoms with E-state index in [1.807, 2.05) is 0 Å². The van der Waals surface area contributed by atoms with Gasteiger partial charge in [-0.1, -0.05) is 26.2 Å². The van der Waals surface area contributed by atoms with Gasteiger partial charge in [-0.05, 0) is 32.1 Å². The molecular weight excluding hydrogens is 284 g/mol. The van der Waals surface area contributed by atoms with Crippen LogP contribution in [0.5, 0.6) is 0 Å². The zero-order chi connectivity index (χ0) is 14.9. The first kappa shape index (κ1) is 15.8. The zero-order valence-electron chi connectivity index (χ0n) is 13.3. The number of rotatable bonds is 2. The molecule has 1 unspecified atom stereocenters. The maximum absolute atomic E-state index is 11.7. The Labute approximate surface area is 129 Å². The molecule has 122 valence electrons. The van der Waals surface area contributed by atoms with Crippen LogP contribution in [0.25, 0.3) is 0 Å². The molecule has 0 aromatic rings. The van der Waals surface area contributed by atoms with E-state index in [1.165, 1.54) is 32.1 Å². The molecule has 4 nitrogen and oxygen atoms in total. The third-order valence-corrected chi connectivity index (χ3v) is 7.66. The molecule has 0 radical (unpaired) electrons. The van der Waals surface area contributed by atoms with Crippen molar-refractivity contribution in [2.45, 2.75) is 75.9 Å². The summed E-state index contributed by atoms with van der Waals surface area (Å²) in [5.74, 6) is 0.788. The van der Waals surface area contributed by atoms with Gasteiger partial charge in [-0.3, -0.25) is 4.90 Å². The molecule has 0 bridgehead atoms. The van der Waals surface area contributed by atoms with Crippen LogP contribution in [0.2, 0.25) is 0 Å². The molecule has 1 saturated carbocycles. The van der Waals surface area contributed by atoms with Crippen molar-refractivity contribution < 1.29 is 8.42 Å². The van der Waals surface area contributed by atoms with Crippen molar-refractivity contribution in [2.24, 2.45) is 0 Å². The Bertz CT molecular complexity index is 443. The normalized spacial score (nSPS) is 34.0. The molecule has 21 heavy (non-hydrogen) atoms. The van der Waals surface area contributed by atoms with Crippen molar-refractivity contribution in [1.29, 1.82) is 0 Å². The van der Waals surface area contributed by atoms with Gasteiger partial charge in [-0.2, -0.15) is 0 Å². The Morgan fingerprint density at radius 1 is 1.14 bits per heavy atom. The number of hydrogen-bond acceptors (Lipinski definition) is 4. The highest BCUT2D eigenvalue weighted by molar-refractivity contribution is 7.91. The highest BCUT2D eigenvalue weighted by Crippen LogP contribution is 2.34. The molecule has 2 saturated heterocycles. The Hall–Kier alpha value is -0.130. The lowest BCUT2D eigenvalue weighted by Crippen LogP contribution is -2.67. The third kappa shape index (κ3) is 3.45. The van der Waals surface area contributed by atoms with Crippen molar-refractivity contribution in [2.75, 3.05) is 24.6 Å². The van der Waals surface area contributed by atoms with E-state index < -0.39 is 9.84 Å².